The van der Waals surface area contributed by atoms with E-state index in [2.05, 4.69) is 0 Å². The average Bonchev–Trinajstić information content (AvgIpc) is 2.68. The van der Waals surface area contributed by atoms with Gasteiger partial charge >= 0.3 is 5.97 Å². The van der Waals surface area contributed by atoms with Crippen LogP contribution in [0, 0.1) is 0 Å². The predicted molar refractivity (Wildman–Crippen MR) is 68.3 cm³/mol. The highest BCUT2D eigenvalue weighted by Crippen LogP contribution is 2.27. The van der Waals surface area contributed by atoms with E-state index in [0.717, 1.165) is 24.3 Å². The molecule has 0 aromatic rings. The molecule has 0 aliphatic carbocycles. The summed E-state index contributed by atoms with van der Waals surface area (Å²) < 4.78 is 4.84. The summed E-state index contributed by atoms with van der Waals surface area (Å²) in [5.41, 5.74) is 0.0973. The Balaban J connectivity index is 2.07. The van der Waals surface area contributed by atoms with Gasteiger partial charge in [0.15, 0.2) is 5.76 Å². The first-order valence-corrected chi connectivity index (χ1v) is 7.28. The molecule has 2 rings (SSSR count). The molecular weight excluding hydrogens is 254 g/mol. The second kappa shape index (κ2) is 5.65. The number of amides is 1. The van der Waals surface area contributed by atoms with E-state index >= 15 is 0 Å². The molecule has 5 nitrogen and oxygen atoms in total. The molecule has 0 aromatic carbocycles. The van der Waals surface area contributed by atoms with E-state index in [1.54, 1.807) is 11.8 Å². The Bertz CT molecular complexity index is 388. The van der Waals surface area contributed by atoms with Crippen molar-refractivity contribution in [2.75, 3.05) is 24.7 Å². The van der Waals surface area contributed by atoms with Gasteiger partial charge in [0.1, 0.15) is 5.57 Å². The maximum absolute atomic E-state index is 11.9. The highest BCUT2D eigenvalue weighted by atomic mass is 32.2. The maximum Gasteiger partial charge on any atom is 0.339 e. The first-order chi connectivity index (χ1) is 8.65. The van der Waals surface area contributed by atoms with Crippen LogP contribution in [-0.4, -0.2) is 52.6 Å². The van der Waals surface area contributed by atoms with Crippen molar-refractivity contribution in [3.63, 3.8) is 0 Å². The van der Waals surface area contributed by atoms with E-state index in [0.29, 0.717) is 0 Å². The Labute approximate surface area is 110 Å². The third-order valence-corrected chi connectivity index (χ3v) is 4.28. The van der Waals surface area contributed by atoms with Gasteiger partial charge in [0.05, 0.1) is 13.2 Å². The lowest BCUT2D eigenvalue weighted by atomic mass is 10.1. The molecule has 0 radical (unpaired) electrons. The quantitative estimate of drug-likeness (QED) is 0.779. The molecule has 0 bridgehead atoms. The molecule has 1 N–H and O–H groups in total. The van der Waals surface area contributed by atoms with Crippen molar-refractivity contribution in [2.45, 2.75) is 25.8 Å². The topological polar surface area (TPSA) is 66.8 Å². The number of thioether (sulfide) groups is 1. The van der Waals surface area contributed by atoms with Crippen molar-refractivity contribution in [3.05, 3.63) is 11.3 Å². The molecule has 0 saturated carbocycles. The average molecular weight is 271 g/mol. The van der Waals surface area contributed by atoms with E-state index in [9.17, 15) is 14.7 Å². The van der Waals surface area contributed by atoms with Crippen LogP contribution >= 0.6 is 11.8 Å². The minimum Gasteiger partial charge on any atom is -0.503 e. The molecule has 6 heteroatoms. The fourth-order valence-corrected chi connectivity index (χ4v) is 3.33. The molecule has 2 heterocycles. The van der Waals surface area contributed by atoms with Crippen molar-refractivity contribution in [2.24, 2.45) is 0 Å². The van der Waals surface area contributed by atoms with E-state index in [-0.39, 0.29) is 24.8 Å². The Hall–Kier alpha value is -1.17. The van der Waals surface area contributed by atoms with Gasteiger partial charge in [-0.2, -0.15) is 11.8 Å². The largest absolute Gasteiger partial charge is 0.503 e. The van der Waals surface area contributed by atoms with Crippen LogP contribution in [0.3, 0.4) is 0 Å². The van der Waals surface area contributed by atoms with Crippen molar-refractivity contribution < 1.29 is 19.4 Å². The van der Waals surface area contributed by atoms with Crippen LogP contribution in [0.25, 0.3) is 0 Å². The zero-order chi connectivity index (χ0) is 13.1. The van der Waals surface area contributed by atoms with Crippen LogP contribution in [0.15, 0.2) is 11.3 Å². The standard InChI is InChI=1S/C12H17NO4S/c1-2-17-12(16)9-7-13(11(15)10(9)14)8-3-5-18-6-4-8/h8,14H,2-7H2,1H3. The Morgan fingerprint density at radius 2 is 2.17 bits per heavy atom. The number of nitrogens with zero attached hydrogens (tertiary/aromatic N) is 1. The van der Waals surface area contributed by atoms with Crippen molar-refractivity contribution in [3.8, 4) is 0 Å². The van der Waals surface area contributed by atoms with Crippen molar-refractivity contribution >= 4 is 23.6 Å². The van der Waals surface area contributed by atoms with Crippen LogP contribution in [0.2, 0.25) is 0 Å². The summed E-state index contributed by atoms with van der Waals surface area (Å²) in [6.07, 6.45) is 1.83. The molecule has 0 atom stereocenters. The Kier molecular flexibility index (Phi) is 4.16. The maximum atomic E-state index is 11.9. The summed E-state index contributed by atoms with van der Waals surface area (Å²) in [5.74, 6) is 0.575. The number of ether oxygens (including phenoxy) is 1. The first-order valence-electron chi connectivity index (χ1n) is 6.13. The van der Waals surface area contributed by atoms with Crippen LogP contribution in [-0.2, 0) is 14.3 Å². The molecule has 0 unspecified atom stereocenters. The van der Waals surface area contributed by atoms with E-state index in [1.165, 1.54) is 0 Å². The minimum absolute atomic E-state index is 0.0973. The van der Waals surface area contributed by atoms with Crippen LogP contribution in [0.1, 0.15) is 19.8 Å². The second-order valence-corrected chi connectivity index (χ2v) is 5.55. The molecule has 18 heavy (non-hydrogen) atoms. The summed E-state index contributed by atoms with van der Waals surface area (Å²) >= 11 is 1.87. The molecule has 0 spiro atoms. The number of esters is 1. The van der Waals surface area contributed by atoms with Gasteiger partial charge in [-0.15, -0.1) is 0 Å². The van der Waals surface area contributed by atoms with Gasteiger partial charge in [-0.05, 0) is 31.3 Å². The Morgan fingerprint density at radius 1 is 1.50 bits per heavy atom. The SMILES string of the molecule is CCOC(=O)C1=C(O)C(=O)N(C2CCSCC2)C1. The van der Waals surface area contributed by atoms with Crippen molar-refractivity contribution in [1.82, 2.24) is 4.90 Å². The summed E-state index contributed by atoms with van der Waals surface area (Å²) in [5, 5.41) is 9.74. The number of hydrogen-bond donors (Lipinski definition) is 1. The summed E-state index contributed by atoms with van der Waals surface area (Å²) in [7, 11) is 0. The molecular formula is C12H17NO4S. The molecule has 1 saturated heterocycles. The van der Waals surface area contributed by atoms with E-state index in [4.69, 9.17) is 4.74 Å². The number of rotatable bonds is 3. The molecule has 2 aliphatic heterocycles. The Morgan fingerprint density at radius 3 is 2.78 bits per heavy atom. The highest BCUT2D eigenvalue weighted by Gasteiger charge is 2.38. The van der Waals surface area contributed by atoms with Gasteiger partial charge in [0.25, 0.3) is 5.91 Å². The van der Waals surface area contributed by atoms with Gasteiger partial charge < -0.3 is 14.7 Å². The smallest absolute Gasteiger partial charge is 0.339 e. The third-order valence-electron chi connectivity index (χ3n) is 3.23. The zero-order valence-corrected chi connectivity index (χ0v) is 11.2. The minimum atomic E-state index is -0.587. The number of carbonyl (C=O) groups is 2. The number of aliphatic hydroxyl groups is 1. The number of aliphatic hydroxyl groups excluding tert-OH is 1. The number of carbonyl (C=O) groups excluding carboxylic acids is 2. The highest BCUT2D eigenvalue weighted by molar-refractivity contribution is 7.99. The zero-order valence-electron chi connectivity index (χ0n) is 10.3. The van der Waals surface area contributed by atoms with Crippen LogP contribution < -0.4 is 0 Å². The molecule has 1 amide bonds. The fourth-order valence-electron chi connectivity index (χ4n) is 2.25. The lowest BCUT2D eigenvalue weighted by Gasteiger charge is -2.30. The van der Waals surface area contributed by atoms with Gasteiger partial charge in [-0.1, -0.05) is 0 Å². The van der Waals surface area contributed by atoms with Gasteiger partial charge in [0.2, 0.25) is 0 Å². The lowest BCUT2D eigenvalue weighted by molar-refractivity contribution is -0.138. The second-order valence-electron chi connectivity index (χ2n) is 4.32. The normalized spacial score (nSPS) is 21.6. The van der Waals surface area contributed by atoms with Gasteiger partial charge in [-0.25, -0.2) is 4.79 Å². The molecule has 1 fully saturated rings. The summed E-state index contributed by atoms with van der Waals surface area (Å²) in [4.78, 5) is 25.1. The molecule has 0 aromatic heterocycles. The van der Waals surface area contributed by atoms with Gasteiger partial charge in [-0.3, -0.25) is 4.79 Å². The number of hydrogen-bond acceptors (Lipinski definition) is 5. The van der Waals surface area contributed by atoms with Crippen LogP contribution in [0.4, 0.5) is 0 Å². The van der Waals surface area contributed by atoms with Crippen LogP contribution in [0.5, 0.6) is 0 Å². The van der Waals surface area contributed by atoms with E-state index in [1.807, 2.05) is 11.8 Å². The lowest BCUT2D eigenvalue weighted by Crippen LogP contribution is -2.40. The first kappa shape index (κ1) is 13.3. The monoisotopic (exact) mass is 271 g/mol. The van der Waals surface area contributed by atoms with Crippen molar-refractivity contribution in [1.29, 1.82) is 0 Å². The molecule has 100 valence electrons. The third kappa shape index (κ3) is 2.48. The summed E-state index contributed by atoms with van der Waals surface area (Å²) in [6, 6.07) is 0.132. The predicted octanol–water partition coefficient (Wildman–Crippen LogP) is 1.10. The fraction of sp³-hybridized carbons (Fsp3) is 0.667. The summed E-state index contributed by atoms with van der Waals surface area (Å²) in [6.45, 7) is 2.12. The van der Waals surface area contributed by atoms with E-state index < -0.39 is 17.6 Å². The molecule has 2 aliphatic rings. The van der Waals surface area contributed by atoms with Gasteiger partial charge in [0, 0.05) is 6.04 Å².